The van der Waals surface area contributed by atoms with Crippen molar-refractivity contribution >= 4 is 11.8 Å². The third kappa shape index (κ3) is 2.81. The highest BCUT2D eigenvalue weighted by Crippen LogP contribution is 2.25. The van der Waals surface area contributed by atoms with E-state index < -0.39 is 6.10 Å². The minimum absolute atomic E-state index is 0.467. The standard InChI is InChI=1S/C12H12N2OS/c1-9(15)10-5-7-14-12(8-10)16-11-4-2-3-6-13-11/h2-9,15H,1H3/t9-/m1/s1. The van der Waals surface area contributed by atoms with Crippen molar-refractivity contribution in [2.45, 2.75) is 23.1 Å². The summed E-state index contributed by atoms with van der Waals surface area (Å²) in [6.07, 6.45) is 2.99. The third-order valence-electron chi connectivity index (χ3n) is 2.09. The molecule has 0 fully saturated rings. The van der Waals surface area contributed by atoms with Gasteiger partial charge in [0.05, 0.1) is 6.10 Å². The Morgan fingerprint density at radius 2 is 1.94 bits per heavy atom. The Hall–Kier alpha value is -1.39. The average Bonchev–Trinajstić information content (AvgIpc) is 2.30. The van der Waals surface area contributed by atoms with E-state index in [9.17, 15) is 5.11 Å². The van der Waals surface area contributed by atoms with Crippen molar-refractivity contribution in [3.8, 4) is 0 Å². The molecule has 0 saturated heterocycles. The Bertz CT molecular complexity index is 460. The molecule has 16 heavy (non-hydrogen) atoms. The molecular formula is C12H12N2OS. The number of aromatic nitrogens is 2. The molecule has 2 aromatic rings. The maximum Gasteiger partial charge on any atom is 0.103 e. The molecular weight excluding hydrogens is 220 g/mol. The first-order valence-electron chi connectivity index (χ1n) is 4.98. The predicted octanol–water partition coefficient (Wildman–Crippen LogP) is 2.68. The van der Waals surface area contributed by atoms with Gasteiger partial charge in [-0.3, -0.25) is 0 Å². The number of rotatable bonds is 3. The zero-order valence-electron chi connectivity index (χ0n) is 8.87. The lowest BCUT2D eigenvalue weighted by atomic mass is 10.2. The lowest BCUT2D eigenvalue weighted by Crippen LogP contribution is -1.92. The van der Waals surface area contributed by atoms with Crippen molar-refractivity contribution < 1.29 is 5.11 Å². The predicted molar refractivity (Wildman–Crippen MR) is 63.2 cm³/mol. The van der Waals surface area contributed by atoms with Gasteiger partial charge in [-0.2, -0.15) is 0 Å². The summed E-state index contributed by atoms with van der Waals surface area (Å²) in [5, 5.41) is 11.2. The summed E-state index contributed by atoms with van der Waals surface area (Å²) < 4.78 is 0. The van der Waals surface area contributed by atoms with Gasteiger partial charge < -0.3 is 5.11 Å². The minimum Gasteiger partial charge on any atom is -0.389 e. The fourth-order valence-electron chi connectivity index (χ4n) is 1.26. The molecule has 1 N–H and O–H groups in total. The lowest BCUT2D eigenvalue weighted by molar-refractivity contribution is 0.199. The van der Waals surface area contributed by atoms with E-state index in [0.29, 0.717) is 0 Å². The van der Waals surface area contributed by atoms with E-state index in [0.717, 1.165) is 15.6 Å². The van der Waals surface area contributed by atoms with Crippen molar-refractivity contribution in [2.75, 3.05) is 0 Å². The number of aliphatic hydroxyl groups is 1. The highest BCUT2D eigenvalue weighted by molar-refractivity contribution is 7.99. The lowest BCUT2D eigenvalue weighted by Gasteiger charge is -2.05. The van der Waals surface area contributed by atoms with Crippen LogP contribution >= 0.6 is 11.8 Å². The van der Waals surface area contributed by atoms with Gasteiger partial charge in [-0.05, 0) is 36.8 Å². The molecule has 0 spiro atoms. The van der Waals surface area contributed by atoms with Crippen LogP contribution in [-0.2, 0) is 0 Å². The average molecular weight is 232 g/mol. The molecule has 0 saturated carbocycles. The zero-order chi connectivity index (χ0) is 11.4. The van der Waals surface area contributed by atoms with Gasteiger partial charge in [0.2, 0.25) is 0 Å². The molecule has 0 amide bonds. The first-order chi connectivity index (χ1) is 7.75. The van der Waals surface area contributed by atoms with E-state index in [1.807, 2.05) is 30.3 Å². The Balaban J connectivity index is 2.19. The highest BCUT2D eigenvalue weighted by atomic mass is 32.2. The van der Waals surface area contributed by atoms with Gasteiger partial charge in [0.1, 0.15) is 10.1 Å². The summed E-state index contributed by atoms with van der Waals surface area (Å²) in [7, 11) is 0. The van der Waals surface area contributed by atoms with E-state index in [4.69, 9.17) is 0 Å². The van der Waals surface area contributed by atoms with Crippen molar-refractivity contribution in [1.82, 2.24) is 9.97 Å². The molecule has 0 bridgehead atoms. The maximum absolute atomic E-state index is 9.46. The monoisotopic (exact) mass is 232 g/mol. The summed E-state index contributed by atoms with van der Waals surface area (Å²) in [6, 6.07) is 9.44. The van der Waals surface area contributed by atoms with Crippen molar-refractivity contribution in [1.29, 1.82) is 0 Å². The van der Waals surface area contributed by atoms with Crippen molar-refractivity contribution in [3.63, 3.8) is 0 Å². The second kappa shape index (κ2) is 5.09. The van der Waals surface area contributed by atoms with Crippen LogP contribution in [0.4, 0.5) is 0 Å². The van der Waals surface area contributed by atoms with Gasteiger partial charge in [0, 0.05) is 12.4 Å². The van der Waals surface area contributed by atoms with Crippen LogP contribution < -0.4 is 0 Å². The first-order valence-corrected chi connectivity index (χ1v) is 5.80. The van der Waals surface area contributed by atoms with Crippen LogP contribution in [0.1, 0.15) is 18.6 Å². The topological polar surface area (TPSA) is 46.0 Å². The molecule has 2 heterocycles. The first kappa shape index (κ1) is 11.1. The van der Waals surface area contributed by atoms with Gasteiger partial charge >= 0.3 is 0 Å². The Kier molecular flexibility index (Phi) is 3.54. The van der Waals surface area contributed by atoms with Crippen LogP contribution in [0.5, 0.6) is 0 Å². The Labute approximate surface area is 98.6 Å². The van der Waals surface area contributed by atoms with Crippen LogP contribution in [0.2, 0.25) is 0 Å². The quantitative estimate of drug-likeness (QED) is 0.883. The number of pyridine rings is 2. The van der Waals surface area contributed by atoms with Crippen LogP contribution in [0, 0.1) is 0 Å². The molecule has 0 aliphatic rings. The van der Waals surface area contributed by atoms with E-state index in [1.165, 1.54) is 11.8 Å². The van der Waals surface area contributed by atoms with Crippen LogP contribution in [0.15, 0.2) is 52.8 Å². The highest BCUT2D eigenvalue weighted by Gasteiger charge is 2.04. The SMILES string of the molecule is C[C@@H](O)c1ccnc(Sc2ccccn2)c1. The van der Waals surface area contributed by atoms with E-state index in [2.05, 4.69) is 9.97 Å². The van der Waals surface area contributed by atoms with Gasteiger partial charge in [-0.15, -0.1) is 0 Å². The van der Waals surface area contributed by atoms with E-state index in [1.54, 1.807) is 19.3 Å². The Morgan fingerprint density at radius 3 is 2.62 bits per heavy atom. The summed E-state index contributed by atoms with van der Waals surface area (Å²) in [5.74, 6) is 0. The van der Waals surface area contributed by atoms with Crippen molar-refractivity contribution in [3.05, 3.63) is 48.3 Å². The zero-order valence-corrected chi connectivity index (χ0v) is 9.69. The van der Waals surface area contributed by atoms with E-state index >= 15 is 0 Å². The summed E-state index contributed by atoms with van der Waals surface area (Å²) >= 11 is 1.49. The second-order valence-electron chi connectivity index (χ2n) is 3.37. The smallest absolute Gasteiger partial charge is 0.103 e. The third-order valence-corrected chi connectivity index (χ3v) is 2.97. The molecule has 0 aliphatic heterocycles. The number of hydrogen-bond acceptors (Lipinski definition) is 4. The van der Waals surface area contributed by atoms with Gasteiger partial charge in [-0.25, -0.2) is 9.97 Å². The molecule has 0 aliphatic carbocycles. The van der Waals surface area contributed by atoms with Crippen LogP contribution in [0.3, 0.4) is 0 Å². The molecule has 4 heteroatoms. The van der Waals surface area contributed by atoms with Crippen LogP contribution in [-0.4, -0.2) is 15.1 Å². The number of nitrogens with zero attached hydrogens (tertiary/aromatic N) is 2. The molecule has 82 valence electrons. The van der Waals surface area contributed by atoms with Gasteiger partial charge in [0.15, 0.2) is 0 Å². The summed E-state index contributed by atoms with van der Waals surface area (Å²) in [6.45, 7) is 1.74. The summed E-state index contributed by atoms with van der Waals surface area (Å²) in [4.78, 5) is 8.44. The Morgan fingerprint density at radius 1 is 1.12 bits per heavy atom. The largest absolute Gasteiger partial charge is 0.389 e. The fraction of sp³-hybridized carbons (Fsp3) is 0.167. The number of aliphatic hydroxyl groups excluding tert-OH is 1. The second-order valence-corrected chi connectivity index (χ2v) is 4.41. The molecule has 2 rings (SSSR count). The molecule has 3 nitrogen and oxygen atoms in total. The van der Waals surface area contributed by atoms with Gasteiger partial charge in [0.25, 0.3) is 0 Å². The molecule has 0 radical (unpaired) electrons. The molecule has 0 aromatic carbocycles. The van der Waals surface area contributed by atoms with Gasteiger partial charge in [-0.1, -0.05) is 17.8 Å². The molecule has 2 aromatic heterocycles. The molecule has 0 unspecified atom stereocenters. The van der Waals surface area contributed by atoms with Crippen molar-refractivity contribution in [2.24, 2.45) is 0 Å². The molecule has 1 atom stereocenters. The normalized spacial score (nSPS) is 12.4. The fourth-order valence-corrected chi connectivity index (χ4v) is 2.04. The summed E-state index contributed by atoms with van der Waals surface area (Å²) in [5.41, 5.74) is 0.869. The minimum atomic E-state index is -0.467. The number of hydrogen-bond donors (Lipinski definition) is 1. The van der Waals surface area contributed by atoms with Crippen LogP contribution in [0.25, 0.3) is 0 Å². The maximum atomic E-state index is 9.46. The van der Waals surface area contributed by atoms with E-state index in [-0.39, 0.29) is 0 Å².